The van der Waals surface area contributed by atoms with Gasteiger partial charge in [-0.2, -0.15) is 0 Å². The molecule has 0 radical (unpaired) electrons. The summed E-state index contributed by atoms with van der Waals surface area (Å²) in [4.78, 5) is 35.8. The molecule has 0 aromatic heterocycles. The number of ether oxygens (including phenoxy) is 2. The minimum Gasteiger partial charge on any atom is -0.489 e. The molecule has 0 fully saturated rings. The molecule has 8 aromatic carbocycles. The van der Waals surface area contributed by atoms with E-state index in [9.17, 15) is 19.5 Å². The van der Waals surface area contributed by atoms with Gasteiger partial charge in [-0.3, -0.25) is 4.79 Å². The Morgan fingerprint density at radius 3 is 1.49 bits per heavy atom. The van der Waals surface area contributed by atoms with Gasteiger partial charge in [0.15, 0.2) is 5.78 Å². The first kappa shape index (κ1) is 55.2. The summed E-state index contributed by atoms with van der Waals surface area (Å²) in [6.07, 6.45) is 5.86. The molecule has 76 heavy (non-hydrogen) atoms. The van der Waals surface area contributed by atoms with E-state index in [0.717, 1.165) is 78.3 Å². The fourth-order valence-electron chi connectivity index (χ4n) is 8.95. The van der Waals surface area contributed by atoms with Crippen LogP contribution in [0.3, 0.4) is 0 Å². The number of benzene rings is 8. The molecule has 3 N–H and O–H groups in total. The monoisotopic (exact) mass is 1010 g/mol. The van der Waals surface area contributed by atoms with Gasteiger partial charge in [-0.15, -0.1) is 0 Å². The highest BCUT2D eigenvalue weighted by Gasteiger charge is 2.29. The quantitative estimate of drug-likeness (QED) is 0.0644. The lowest BCUT2D eigenvalue weighted by Crippen LogP contribution is -2.18. The summed E-state index contributed by atoms with van der Waals surface area (Å²) in [5, 5.41) is 29.5. The topological polar surface area (TPSA) is 130 Å². The van der Waals surface area contributed by atoms with Crippen molar-refractivity contribution in [1.82, 2.24) is 0 Å². The summed E-state index contributed by atoms with van der Waals surface area (Å²) in [7, 11) is 0. The summed E-state index contributed by atoms with van der Waals surface area (Å²) in [6.45, 7) is 17.8. The van der Waals surface area contributed by atoms with Gasteiger partial charge >= 0.3 is 11.9 Å². The van der Waals surface area contributed by atoms with Crippen LogP contribution in [0.15, 0.2) is 194 Å². The second-order valence-corrected chi connectivity index (χ2v) is 20.9. The Kier molecular flexibility index (Phi) is 17.9. The Morgan fingerprint density at radius 1 is 0.526 bits per heavy atom. The number of ketones is 1. The van der Waals surface area contributed by atoms with E-state index >= 15 is 0 Å². The van der Waals surface area contributed by atoms with Crippen molar-refractivity contribution in [2.45, 2.75) is 85.5 Å². The van der Waals surface area contributed by atoms with Gasteiger partial charge in [-0.25, -0.2) is 9.59 Å². The minimum absolute atomic E-state index is 0.146. The smallest absolute Gasteiger partial charge is 0.335 e. The number of hydrogen-bond acceptors (Lipinski definition) is 6. The van der Waals surface area contributed by atoms with Crippen molar-refractivity contribution in [2.24, 2.45) is 0 Å². The lowest BCUT2D eigenvalue weighted by molar-refractivity contribution is 0.0686. The maximum absolute atomic E-state index is 13.5. The van der Waals surface area contributed by atoms with Gasteiger partial charge in [0.1, 0.15) is 24.7 Å². The second-order valence-electron chi connectivity index (χ2n) is 20.9. The molecule has 0 aliphatic rings. The van der Waals surface area contributed by atoms with Crippen LogP contribution in [0, 0.1) is 13.8 Å². The molecule has 0 amide bonds. The van der Waals surface area contributed by atoms with Gasteiger partial charge in [0, 0.05) is 22.3 Å². The normalized spacial score (nSPS) is 12.0. The first-order valence-corrected chi connectivity index (χ1v) is 25.3. The van der Waals surface area contributed by atoms with Crippen LogP contribution < -0.4 is 9.47 Å². The molecule has 8 heteroatoms. The van der Waals surface area contributed by atoms with Gasteiger partial charge in [-0.05, 0) is 123 Å². The van der Waals surface area contributed by atoms with Crippen LogP contribution in [0.2, 0.25) is 0 Å². The first-order valence-electron chi connectivity index (χ1n) is 25.3. The summed E-state index contributed by atoms with van der Waals surface area (Å²) >= 11 is 0. The van der Waals surface area contributed by atoms with Crippen molar-refractivity contribution < 1.29 is 39.2 Å². The number of carbonyl (C=O) groups excluding carboxylic acids is 1. The molecule has 1 atom stereocenters. The predicted octanol–water partition coefficient (Wildman–Crippen LogP) is 16.1. The maximum Gasteiger partial charge on any atom is 0.335 e. The van der Waals surface area contributed by atoms with Crippen LogP contribution in [0.4, 0.5) is 0 Å². The van der Waals surface area contributed by atoms with Gasteiger partial charge in [0.05, 0.1) is 17.2 Å². The zero-order valence-corrected chi connectivity index (χ0v) is 44.5. The lowest BCUT2D eigenvalue weighted by atomic mass is 9.78. The molecular formula is C68H66O8. The van der Waals surface area contributed by atoms with E-state index in [1.165, 1.54) is 23.8 Å². The average molecular weight is 1010 g/mol. The number of rotatable bonds is 16. The van der Waals surface area contributed by atoms with Crippen molar-refractivity contribution in [3.63, 3.8) is 0 Å². The standard InChI is InChI=1S/C34H32O4.C34H34O4/c1-23-28(30(35)20-17-24-15-18-27(19-16-24)33(36)37)21-29(26-13-9-6-10-14-26)31(34(2,3)4)32(23)38-22-25-11-7-5-8-12-25;1-23-10-15-26(16-11-23)29-20-28(30(35)19-14-24-12-17-27(18-13-24)33(36)37)21-31(32(29)34(2,3)4)38-22-25-8-6-5-7-9-25/h5-21H,22H2,1-4H3,(H,36,37);5-21,30,35H,22H2,1-4H3,(H,36,37). The molecule has 8 rings (SSSR count). The number of aliphatic hydroxyl groups is 1. The van der Waals surface area contributed by atoms with Crippen LogP contribution in [0.25, 0.3) is 34.4 Å². The molecule has 0 aliphatic carbocycles. The van der Waals surface area contributed by atoms with E-state index in [1.807, 2.05) is 104 Å². The highest BCUT2D eigenvalue weighted by Crippen LogP contribution is 2.45. The maximum atomic E-state index is 13.5. The third-order valence-corrected chi connectivity index (χ3v) is 12.9. The summed E-state index contributed by atoms with van der Waals surface area (Å²) in [5.74, 6) is -0.626. The van der Waals surface area contributed by atoms with Crippen LogP contribution in [-0.2, 0) is 24.0 Å². The third-order valence-electron chi connectivity index (χ3n) is 12.9. The number of aryl methyl sites for hydroxylation is 1. The van der Waals surface area contributed by atoms with Crippen molar-refractivity contribution in [2.75, 3.05) is 0 Å². The first-order chi connectivity index (χ1) is 36.3. The highest BCUT2D eigenvalue weighted by atomic mass is 16.5. The van der Waals surface area contributed by atoms with Crippen LogP contribution in [-0.4, -0.2) is 33.0 Å². The van der Waals surface area contributed by atoms with Crippen LogP contribution in [0.5, 0.6) is 11.5 Å². The molecule has 8 aromatic rings. The molecule has 0 heterocycles. The average Bonchev–Trinajstić information content (AvgIpc) is 3.41. The fourth-order valence-corrected chi connectivity index (χ4v) is 8.95. The third kappa shape index (κ3) is 14.4. The number of hydrogen-bond donors (Lipinski definition) is 3. The summed E-state index contributed by atoms with van der Waals surface area (Å²) in [6, 6.07) is 57.4. The minimum atomic E-state index is -0.984. The highest BCUT2D eigenvalue weighted by molar-refractivity contribution is 6.09. The van der Waals surface area contributed by atoms with E-state index in [0.29, 0.717) is 18.8 Å². The van der Waals surface area contributed by atoms with Crippen molar-refractivity contribution in [1.29, 1.82) is 0 Å². The lowest BCUT2D eigenvalue weighted by Gasteiger charge is -2.29. The van der Waals surface area contributed by atoms with E-state index in [1.54, 1.807) is 54.6 Å². The summed E-state index contributed by atoms with van der Waals surface area (Å²) in [5.41, 5.74) is 13.1. The molecule has 8 nitrogen and oxygen atoms in total. The zero-order chi connectivity index (χ0) is 54.6. The number of carboxylic acid groups (broad SMARTS) is 2. The summed E-state index contributed by atoms with van der Waals surface area (Å²) < 4.78 is 12.9. The predicted molar refractivity (Wildman–Crippen MR) is 306 cm³/mol. The molecule has 1 unspecified atom stereocenters. The SMILES string of the molecule is Cc1c(C(=O)C=Cc2ccc(C(=O)O)cc2)cc(-c2ccccc2)c(C(C)(C)C)c1OCc1ccccc1.Cc1ccc(-c2cc(C(O)C=Cc3ccc(C(=O)O)cc3)cc(OCc3ccccc3)c2C(C)(C)C)cc1. The van der Waals surface area contributed by atoms with Gasteiger partial charge in [-0.1, -0.05) is 205 Å². The Bertz CT molecular complexity index is 3320. The fraction of sp³-hybridized carbons (Fsp3) is 0.191. The number of carbonyl (C=O) groups is 3. The molecule has 0 saturated carbocycles. The molecule has 0 saturated heterocycles. The molecule has 0 aliphatic heterocycles. The van der Waals surface area contributed by atoms with E-state index in [4.69, 9.17) is 19.7 Å². The number of carboxylic acids is 2. The van der Waals surface area contributed by atoms with Crippen molar-refractivity contribution in [3.8, 4) is 33.8 Å². The zero-order valence-electron chi connectivity index (χ0n) is 44.5. The van der Waals surface area contributed by atoms with E-state index < -0.39 is 18.0 Å². The Hall–Kier alpha value is -8.59. The van der Waals surface area contributed by atoms with Crippen molar-refractivity contribution in [3.05, 3.63) is 261 Å². The van der Waals surface area contributed by atoms with Crippen LogP contribution in [0.1, 0.15) is 129 Å². The Labute approximate surface area is 447 Å². The molecule has 0 spiro atoms. The number of aliphatic hydroxyl groups excluding tert-OH is 1. The molecule has 386 valence electrons. The molecular weight excluding hydrogens is 945 g/mol. The van der Waals surface area contributed by atoms with Crippen molar-refractivity contribution >= 4 is 29.9 Å². The van der Waals surface area contributed by atoms with Gasteiger partial charge < -0.3 is 24.8 Å². The molecule has 0 bridgehead atoms. The largest absolute Gasteiger partial charge is 0.489 e. The Morgan fingerprint density at radius 2 is 0.987 bits per heavy atom. The van der Waals surface area contributed by atoms with Gasteiger partial charge in [0.2, 0.25) is 0 Å². The van der Waals surface area contributed by atoms with Crippen LogP contribution >= 0.6 is 0 Å². The van der Waals surface area contributed by atoms with E-state index in [-0.39, 0.29) is 27.7 Å². The number of allylic oxidation sites excluding steroid dienone is 1. The number of aromatic carboxylic acids is 2. The van der Waals surface area contributed by atoms with Gasteiger partial charge in [0.25, 0.3) is 0 Å². The van der Waals surface area contributed by atoms with E-state index in [2.05, 4.69) is 84.9 Å². The Balaban J connectivity index is 0.000000221. The second kappa shape index (κ2) is 24.6.